The van der Waals surface area contributed by atoms with Crippen LogP contribution in [0.5, 0.6) is 0 Å². The number of aryl methyl sites for hydroxylation is 1. The van der Waals surface area contributed by atoms with Gasteiger partial charge < -0.3 is 5.32 Å². The lowest BCUT2D eigenvalue weighted by molar-refractivity contribution is 0.912. The van der Waals surface area contributed by atoms with E-state index in [2.05, 4.69) is 58.7 Å². The molecule has 4 rings (SSSR count). The van der Waals surface area contributed by atoms with E-state index < -0.39 is 0 Å². The number of nitrogens with zero attached hydrogens (tertiary/aromatic N) is 4. The van der Waals surface area contributed by atoms with Crippen LogP contribution in [0.15, 0.2) is 67.1 Å². The molecule has 1 aromatic carbocycles. The minimum absolute atomic E-state index is 0.803. The second-order valence-electron chi connectivity index (χ2n) is 6.04. The van der Waals surface area contributed by atoms with E-state index in [4.69, 9.17) is 4.98 Å². The van der Waals surface area contributed by atoms with Crippen LogP contribution in [0.4, 0.5) is 5.82 Å². The van der Waals surface area contributed by atoms with E-state index in [1.807, 2.05) is 22.8 Å². The Morgan fingerprint density at radius 2 is 2.00 bits per heavy atom. The first-order valence-corrected chi connectivity index (χ1v) is 8.34. The maximum absolute atomic E-state index is 4.72. The number of hydrogen-bond donors (Lipinski definition) is 1. The molecule has 0 aliphatic heterocycles. The van der Waals surface area contributed by atoms with Gasteiger partial charge in [0.25, 0.3) is 0 Å². The minimum atomic E-state index is 0.803. The molecule has 0 fully saturated rings. The highest BCUT2D eigenvalue weighted by molar-refractivity contribution is 5.66. The van der Waals surface area contributed by atoms with Gasteiger partial charge in [-0.25, -0.2) is 4.98 Å². The van der Waals surface area contributed by atoms with E-state index >= 15 is 0 Å². The van der Waals surface area contributed by atoms with Crippen LogP contribution in [0.2, 0.25) is 0 Å². The number of nitrogens with one attached hydrogen (secondary N) is 1. The number of rotatable bonds is 5. The summed E-state index contributed by atoms with van der Waals surface area (Å²) in [6.45, 7) is 2.89. The van der Waals surface area contributed by atoms with Gasteiger partial charge >= 0.3 is 0 Å². The molecular formula is C20H19N5. The number of aromatic nitrogens is 4. The van der Waals surface area contributed by atoms with E-state index in [1.165, 1.54) is 11.1 Å². The van der Waals surface area contributed by atoms with E-state index in [9.17, 15) is 0 Å². The second kappa shape index (κ2) is 6.73. The number of hydrogen-bond acceptors (Lipinski definition) is 4. The maximum Gasteiger partial charge on any atom is 0.157 e. The van der Waals surface area contributed by atoms with Gasteiger partial charge in [0.2, 0.25) is 0 Å². The molecule has 0 atom stereocenters. The molecule has 5 nitrogen and oxygen atoms in total. The van der Waals surface area contributed by atoms with Crippen molar-refractivity contribution in [3.63, 3.8) is 0 Å². The highest BCUT2D eigenvalue weighted by Crippen LogP contribution is 2.23. The molecule has 0 amide bonds. The zero-order chi connectivity index (χ0) is 17.1. The second-order valence-corrected chi connectivity index (χ2v) is 6.04. The molecule has 3 heterocycles. The lowest BCUT2D eigenvalue weighted by atomic mass is 10.1. The summed E-state index contributed by atoms with van der Waals surface area (Å²) in [6.07, 6.45) is 6.37. The Hall–Kier alpha value is -3.21. The summed E-state index contributed by atoms with van der Waals surface area (Å²) in [6, 6.07) is 16.4. The summed E-state index contributed by atoms with van der Waals surface area (Å²) in [5.41, 5.74) is 5.32. The molecule has 0 aliphatic carbocycles. The largest absolute Gasteiger partial charge is 0.370 e. The van der Waals surface area contributed by atoms with E-state index in [0.29, 0.717) is 0 Å². The molecule has 3 aromatic heterocycles. The van der Waals surface area contributed by atoms with Crippen molar-refractivity contribution in [3.8, 4) is 11.3 Å². The first-order chi connectivity index (χ1) is 12.3. The molecule has 0 saturated carbocycles. The van der Waals surface area contributed by atoms with Crippen molar-refractivity contribution in [1.82, 2.24) is 19.6 Å². The summed E-state index contributed by atoms with van der Waals surface area (Å²) in [7, 11) is 0. The quantitative estimate of drug-likeness (QED) is 0.606. The Labute approximate surface area is 146 Å². The SMILES string of the molecule is Cc1cccc(-c2cc(NCCc3cccnc3)n3nccc3n2)c1. The minimum Gasteiger partial charge on any atom is -0.370 e. The van der Waals surface area contributed by atoms with Crippen molar-refractivity contribution in [2.45, 2.75) is 13.3 Å². The molecule has 0 radical (unpaired) electrons. The zero-order valence-corrected chi connectivity index (χ0v) is 14.1. The molecule has 5 heteroatoms. The molecule has 0 aliphatic rings. The van der Waals surface area contributed by atoms with Crippen molar-refractivity contribution >= 4 is 11.5 Å². The third-order valence-electron chi connectivity index (χ3n) is 4.12. The van der Waals surface area contributed by atoms with Crippen molar-refractivity contribution < 1.29 is 0 Å². The van der Waals surface area contributed by atoms with Gasteiger partial charge in [-0.2, -0.15) is 9.61 Å². The van der Waals surface area contributed by atoms with Gasteiger partial charge in [0, 0.05) is 36.6 Å². The Balaban J connectivity index is 1.62. The van der Waals surface area contributed by atoms with Gasteiger partial charge in [0.1, 0.15) is 5.82 Å². The summed E-state index contributed by atoms with van der Waals surface area (Å²) in [4.78, 5) is 8.88. The van der Waals surface area contributed by atoms with Crippen LogP contribution >= 0.6 is 0 Å². The number of anilines is 1. The lowest BCUT2D eigenvalue weighted by Gasteiger charge is -2.11. The van der Waals surface area contributed by atoms with E-state index in [0.717, 1.165) is 35.7 Å². The molecule has 0 unspecified atom stereocenters. The lowest BCUT2D eigenvalue weighted by Crippen LogP contribution is -2.10. The summed E-state index contributed by atoms with van der Waals surface area (Å²) < 4.78 is 1.84. The summed E-state index contributed by atoms with van der Waals surface area (Å²) >= 11 is 0. The van der Waals surface area contributed by atoms with Crippen molar-refractivity contribution in [1.29, 1.82) is 0 Å². The smallest absolute Gasteiger partial charge is 0.157 e. The highest BCUT2D eigenvalue weighted by atomic mass is 15.3. The fourth-order valence-corrected chi connectivity index (χ4v) is 2.87. The molecule has 1 N–H and O–H groups in total. The third kappa shape index (κ3) is 3.35. The van der Waals surface area contributed by atoms with E-state index in [-0.39, 0.29) is 0 Å². The van der Waals surface area contributed by atoms with Gasteiger partial charge in [-0.3, -0.25) is 4.98 Å². The molecule has 0 saturated heterocycles. The fourth-order valence-electron chi connectivity index (χ4n) is 2.87. The van der Waals surface area contributed by atoms with Crippen LogP contribution in [0.25, 0.3) is 16.9 Å². The maximum atomic E-state index is 4.72. The summed E-state index contributed by atoms with van der Waals surface area (Å²) in [5.74, 6) is 0.940. The van der Waals surface area contributed by atoms with Crippen LogP contribution in [0.1, 0.15) is 11.1 Å². The number of benzene rings is 1. The Bertz CT molecular complexity index is 991. The predicted octanol–water partition coefficient (Wildman–Crippen LogP) is 3.75. The van der Waals surface area contributed by atoms with Gasteiger partial charge in [-0.15, -0.1) is 0 Å². The van der Waals surface area contributed by atoms with Gasteiger partial charge in [-0.1, -0.05) is 29.8 Å². The van der Waals surface area contributed by atoms with Crippen LogP contribution in [0, 0.1) is 6.92 Å². The van der Waals surface area contributed by atoms with Crippen LogP contribution in [-0.4, -0.2) is 26.1 Å². The molecular weight excluding hydrogens is 310 g/mol. The molecule has 0 spiro atoms. The zero-order valence-electron chi connectivity index (χ0n) is 14.1. The van der Waals surface area contributed by atoms with Crippen molar-refractivity contribution in [3.05, 3.63) is 78.2 Å². The Morgan fingerprint density at radius 3 is 2.84 bits per heavy atom. The first-order valence-electron chi connectivity index (χ1n) is 8.34. The monoisotopic (exact) mass is 329 g/mol. The van der Waals surface area contributed by atoms with Gasteiger partial charge in [0.05, 0.1) is 11.9 Å². The number of pyridine rings is 1. The normalized spacial score (nSPS) is 10.9. The highest BCUT2D eigenvalue weighted by Gasteiger charge is 2.08. The standard InChI is InChI=1S/C20H19N5/c1-15-4-2-6-17(12-15)18-13-20(25-19(24-18)8-11-23-25)22-10-7-16-5-3-9-21-14-16/h2-6,8-9,11-14,22H,7,10H2,1H3. The van der Waals surface area contributed by atoms with E-state index in [1.54, 1.807) is 12.4 Å². The molecule has 4 aromatic rings. The van der Waals surface area contributed by atoms with Gasteiger partial charge in [0.15, 0.2) is 5.65 Å². The average Bonchev–Trinajstić information content (AvgIpc) is 3.11. The molecule has 0 bridgehead atoms. The van der Waals surface area contributed by atoms with Crippen LogP contribution < -0.4 is 5.32 Å². The van der Waals surface area contributed by atoms with Crippen molar-refractivity contribution in [2.24, 2.45) is 0 Å². The molecule has 124 valence electrons. The van der Waals surface area contributed by atoms with Gasteiger partial charge in [-0.05, 0) is 31.0 Å². The van der Waals surface area contributed by atoms with Crippen molar-refractivity contribution in [2.75, 3.05) is 11.9 Å². The fraction of sp³-hybridized carbons (Fsp3) is 0.150. The predicted molar refractivity (Wildman–Crippen MR) is 99.6 cm³/mol. The topological polar surface area (TPSA) is 55.1 Å². The third-order valence-corrected chi connectivity index (χ3v) is 4.12. The molecule has 25 heavy (non-hydrogen) atoms. The first kappa shape index (κ1) is 15.3. The van der Waals surface area contributed by atoms with Crippen LogP contribution in [-0.2, 0) is 6.42 Å². The average molecular weight is 329 g/mol. The van der Waals surface area contributed by atoms with Crippen LogP contribution in [0.3, 0.4) is 0 Å². The summed E-state index contributed by atoms with van der Waals surface area (Å²) in [5, 5.41) is 7.86. The number of fused-ring (bicyclic) bond motifs is 1. The Morgan fingerprint density at radius 1 is 1.04 bits per heavy atom. The Kier molecular flexibility index (Phi) is 4.12.